The summed E-state index contributed by atoms with van der Waals surface area (Å²) in [4.78, 5) is 7.15. The summed E-state index contributed by atoms with van der Waals surface area (Å²) < 4.78 is 60.3. The number of halogens is 3. The smallest absolute Gasteiger partial charge is 0.264 e. The van der Waals surface area contributed by atoms with Crippen LogP contribution in [0.25, 0.3) is 10.6 Å². The fourth-order valence-electron chi connectivity index (χ4n) is 1.35. The van der Waals surface area contributed by atoms with Crippen LogP contribution in [0.5, 0.6) is 0 Å². The van der Waals surface area contributed by atoms with Crippen LogP contribution in [-0.2, 0) is 16.0 Å². The van der Waals surface area contributed by atoms with Gasteiger partial charge in [-0.2, -0.15) is 13.2 Å². The molecular weight excluding hydrogens is 301 g/mol. The van der Waals surface area contributed by atoms with E-state index in [0.29, 0.717) is 16.9 Å². The van der Waals surface area contributed by atoms with Gasteiger partial charge in [-0.1, -0.05) is 0 Å². The Morgan fingerprint density at radius 2 is 2.00 bits per heavy atom. The zero-order chi connectivity index (χ0) is 14.3. The number of alkyl halides is 3. The third-order valence-corrected chi connectivity index (χ3v) is 5.03. The molecule has 19 heavy (non-hydrogen) atoms. The Bertz CT molecular complexity index is 693. The van der Waals surface area contributed by atoms with E-state index in [4.69, 9.17) is 0 Å². The predicted molar refractivity (Wildman–Crippen MR) is 63.5 cm³/mol. The molecule has 9 heteroatoms. The first-order chi connectivity index (χ1) is 8.69. The molecule has 2 heterocycles. The summed E-state index contributed by atoms with van der Waals surface area (Å²) >= 11 is 0.487. The monoisotopic (exact) mass is 308 g/mol. The number of hydrogen-bond donors (Lipinski definition) is 0. The summed E-state index contributed by atoms with van der Waals surface area (Å²) in [5.41, 5.74) is -1.04. The van der Waals surface area contributed by atoms with Crippen LogP contribution in [0, 0.1) is 0 Å². The van der Waals surface area contributed by atoms with Crippen LogP contribution < -0.4 is 0 Å². The Morgan fingerprint density at radius 1 is 1.32 bits per heavy atom. The van der Waals surface area contributed by atoms with Crippen molar-refractivity contribution in [2.75, 3.05) is 6.26 Å². The summed E-state index contributed by atoms with van der Waals surface area (Å²) in [6.45, 7) is 0. The quantitative estimate of drug-likeness (QED) is 0.855. The lowest BCUT2D eigenvalue weighted by Crippen LogP contribution is -2.11. The maximum Gasteiger partial charge on any atom is 0.435 e. The summed E-state index contributed by atoms with van der Waals surface area (Å²) in [5.74, 6) is 0. The number of hydrogen-bond acceptors (Lipinski definition) is 5. The number of nitrogens with zero attached hydrogens (tertiary/aromatic N) is 2. The second-order valence-electron chi connectivity index (χ2n) is 3.67. The van der Waals surface area contributed by atoms with Crippen molar-refractivity contribution in [3.05, 3.63) is 30.2 Å². The van der Waals surface area contributed by atoms with E-state index >= 15 is 0 Å². The van der Waals surface area contributed by atoms with Crippen LogP contribution in [0.4, 0.5) is 13.2 Å². The second-order valence-corrected chi connectivity index (χ2v) is 6.88. The zero-order valence-corrected chi connectivity index (χ0v) is 11.1. The van der Waals surface area contributed by atoms with E-state index in [1.54, 1.807) is 0 Å². The average Bonchev–Trinajstić information content (AvgIpc) is 2.74. The van der Waals surface area contributed by atoms with Gasteiger partial charge in [0, 0.05) is 24.2 Å². The summed E-state index contributed by atoms with van der Waals surface area (Å²) in [5, 5.41) is -0.0270. The Kier molecular flexibility index (Phi) is 3.35. The predicted octanol–water partition coefficient (Wildman–Crippen LogP) is 2.63. The highest BCUT2D eigenvalue weighted by molar-refractivity contribution is 7.92. The van der Waals surface area contributed by atoms with Gasteiger partial charge in [-0.3, -0.25) is 4.98 Å². The van der Waals surface area contributed by atoms with Crippen LogP contribution in [0.2, 0.25) is 0 Å². The first kappa shape index (κ1) is 13.9. The Balaban J connectivity index is 2.66. The molecule has 0 N–H and O–H groups in total. The number of pyridine rings is 1. The highest BCUT2D eigenvalue weighted by Crippen LogP contribution is 2.39. The molecule has 0 aliphatic carbocycles. The van der Waals surface area contributed by atoms with Crippen molar-refractivity contribution in [1.29, 1.82) is 0 Å². The average molecular weight is 308 g/mol. The summed E-state index contributed by atoms with van der Waals surface area (Å²) in [7, 11) is -3.99. The molecule has 0 fully saturated rings. The first-order valence-corrected chi connectivity index (χ1v) is 7.59. The molecule has 2 aromatic rings. The fourth-order valence-corrected chi connectivity index (χ4v) is 3.51. The van der Waals surface area contributed by atoms with E-state index in [9.17, 15) is 21.6 Å². The molecule has 0 atom stereocenters. The molecule has 0 spiro atoms. The SMILES string of the molecule is CS(=O)(=O)c1sc(-c2cccnc2)nc1C(F)(F)F. The van der Waals surface area contributed by atoms with Crippen molar-refractivity contribution < 1.29 is 21.6 Å². The molecule has 102 valence electrons. The lowest BCUT2D eigenvalue weighted by molar-refractivity contribution is -0.142. The van der Waals surface area contributed by atoms with Gasteiger partial charge in [0.15, 0.2) is 19.7 Å². The van der Waals surface area contributed by atoms with Crippen molar-refractivity contribution in [1.82, 2.24) is 9.97 Å². The van der Waals surface area contributed by atoms with Crippen molar-refractivity contribution in [2.24, 2.45) is 0 Å². The van der Waals surface area contributed by atoms with Crippen LogP contribution in [-0.4, -0.2) is 24.6 Å². The van der Waals surface area contributed by atoms with Crippen molar-refractivity contribution in [3.63, 3.8) is 0 Å². The minimum Gasteiger partial charge on any atom is -0.264 e. The maximum atomic E-state index is 12.8. The number of sulfone groups is 1. The molecule has 0 aliphatic heterocycles. The van der Waals surface area contributed by atoms with Crippen LogP contribution in [0.15, 0.2) is 28.7 Å². The van der Waals surface area contributed by atoms with E-state index in [-0.39, 0.29) is 5.01 Å². The third-order valence-electron chi connectivity index (χ3n) is 2.11. The van der Waals surface area contributed by atoms with Crippen molar-refractivity contribution in [2.45, 2.75) is 10.4 Å². The highest BCUT2D eigenvalue weighted by atomic mass is 32.2. The summed E-state index contributed by atoms with van der Waals surface area (Å²) in [6, 6.07) is 3.04. The molecule has 0 saturated heterocycles. The van der Waals surface area contributed by atoms with Gasteiger partial charge >= 0.3 is 6.18 Å². The van der Waals surface area contributed by atoms with Crippen LogP contribution in [0.3, 0.4) is 0 Å². The molecule has 4 nitrogen and oxygen atoms in total. The van der Waals surface area contributed by atoms with E-state index in [1.165, 1.54) is 24.5 Å². The molecule has 0 aliphatic rings. The number of rotatable bonds is 2. The van der Waals surface area contributed by atoms with E-state index < -0.39 is 25.9 Å². The normalized spacial score (nSPS) is 12.6. The highest BCUT2D eigenvalue weighted by Gasteiger charge is 2.40. The maximum absolute atomic E-state index is 12.8. The molecule has 0 unspecified atom stereocenters. The Hall–Kier alpha value is -1.48. The summed E-state index contributed by atoms with van der Waals surface area (Å²) in [6.07, 6.45) is -1.30. The molecule has 0 amide bonds. The minimum atomic E-state index is -4.81. The zero-order valence-electron chi connectivity index (χ0n) is 9.47. The van der Waals surface area contributed by atoms with E-state index in [0.717, 1.165) is 6.26 Å². The fraction of sp³-hybridized carbons (Fsp3) is 0.200. The molecule has 0 bridgehead atoms. The van der Waals surface area contributed by atoms with E-state index in [2.05, 4.69) is 9.97 Å². The van der Waals surface area contributed by atoms with Gasteiger partial charge in [-0.05, 0) is 12.1 Å². The van der Waals surface area contributed by atoms with Crippen molar-refractivity contribution in [3.8, 4) is 10.6 Å². The first-order valence-electron chi connectivity index (χ1n) is 4.88. The molecule has 0 radical (unpaired) electrons. The lowest BCUT2D eigenvalue weighted by Gasteiger charge is -2.03. The standard InChI is InChI=1S/C10H7F3N2O2S2/c1-19(16,17)9-7(10(11,12)13)15-8(18-9)6-3-2-4-14-5-6/h2-5H,1H3. The Labute approximate surface area is 110 Å². The Morgan fingerprint density at radius 3 is 2.42 bits per heavy atom. The van der Waals surface area contributed by atoms with Gasteiger partial charge in [0.25, 0.3) is 0 Å². The van der Waals surface area contributed by atoms with Gasteiger partial charge in [0.1, 0.15) is 5.01 Å². The molecule has 2 rings (SSSR count). The van der Waals surface area contributed by atoms with Gasteiger partial charge in [0.2, 0.25) is 0 Å². The largest absolute Gasteiger partial charge is 0.435 e. The van der Waals surface area contributed by atoms with E-state index in [1.807, 2.05) is 0 Å². The molecule has 2 aromatic heterocycles. The van der Waals surface area contributed by atoms with Crippen LogP contribution >= 0.6 is 11.3 Å². The molecule has 0 aromatic carbocycles. The minimum absolute atomic E-state index is 0.0270. The number of aromatic nitrogens is 2. The third kappa shape index (κ3) is 2.92. The van der Waals surface area contributed by atoms with Gasteiger partial charge in [-0.15, -0.1) is 11.3 Å². The van der Waals surface area contributed by atoms with Crippen LogP contribution in [0.1, 0.15) is 5.69 Å². The van der Waals surface area contributed by atoms with Gasteiger partial charge in [0.05, 0.1) is 0 Å². The van der Waals surface area contributed by atoms with Gasteiger partial charge in [-0.25, -0.2) is 13.4 Å². The van der Waals surface area contributed by atoms with Crippen molar-refractivity contribution >= 4 is 21.2 Å². The molecular formula is C10H7F3N2O2S2. The lowest BCUT2D eigenvalue weighted by atomic mass is 10.3. The molecule has 0 saturated carbocycles. The van der Waals surface area contributed by atoms with Gasteiger partial charge < -0.3 is 0 Å². The number of thiazole rings is 1. The topological polar surface area (TPSA) is 59.9 Å². The second kappa shape index (κ2) is 4.57.